The average Bonchev–Trinajstić information content (AvgIpc) is 2.89. The molecule has 3 fully saturated rings. The molecule has 0 aromatic heterocycles. The van der Waals surface area contributed by atoms with E-state index in [0.717, 1.165) is 5.57 Å². The fraction of sp³-hybridized carbons (Fsp3) is 0.613. The van der Waals surface area contributed by atoms with Crippen molar-refractivity contribution in [3.8, 4) is 0 Å². The fourth-order valence-corrected chi connectivity index (χ4v) is 7.93. The van der Waals surface area contributed by atoms with Crippen LogP contribution < -0.4 is 0 Å². The molecule has 222 valence electrons. The topological polar surface area (TPSA) is 146 Å². The lowest BCUT2D eigenvalue weighted by atomic mass is 9.45. The van der Waals surface area contributed by atoms with Gasteiger partial charge < -0.3 is 29.2 Å². The van der Waals surface area contributed by atoms with Gasteiger partial charge in [0.1, 0.15) is 17.8 Å². The molecule has 10 nitrogen and oxygen atoms in total. The van der Waals surface area contributed by atoms with E-state index in [-0.39, 0.29) is 25.0 Å². The van der Waals surface area contributed by atoms with E-state index >= 15 is 0 Å². The summed E-state index contributed by atoms with van der Waals surface area (Å²) in [4.78, 5) is 53.4. The molecule has 1 aliphatic heterocycles. The molecule has 0 radical (unpaired) electrons. The summed E-state index contributed by atoms with van der Waals surface area (Å²) in [6.07, 6.45) is -4.63. The molecule has 3 aliphatic carbocycles. The Kier molecular flexibility index (Phi) is 6.99. The Morgan fingerprint density at radius 2 is 1.68 bits per heavy atom. The fourth-order valence-electron chi connectivity index (χ4n) is 7.93. The Labute approximate surface area is 239 Å². The van der Waals surface area contributed by atoms with Gasteiger partial charge in [-0.2, -0.15) is 0 Å². The maximum atomic E-state index is 14.8. The van der Waals surface area contributed by atoms with Crippen molar-refractivity contribution < 1.29 is 48.3 Å². The molecule has 2 N–H and O–H groups in total. The van der Waals surface area contributed by atoms with Gasteiger partial charge in [-0.15, -0.1) is 0 Å². The van der Waals surface area contributed by atoms with Gasteiger partial charge in [0.15, 0.2) is 17.5 Å². The van der Waals surface area contributed by atoms with Crippen LogP contribution in [0.5, 0.6) is 0 Å². The number of aliphatic hydroxyl groups is 2. The molecule has 4 aliphatic rings. The van der Waals surface area contributed by atoms with Gasteiger partial charge in [0.05, 0.1) is 29.6 Å². The first-order chi connectivity index (χ1) is 19.1. The summed E-state index contributed by atoms with van der Waals surface area (Å²) in [7, 11) is 0. The van der Waals surface area contributed by atoms with Crippen LogP contribution in [0.4, 0.5) is 0 Å². The molecule has 2 saturated carbocycles. The minimum atomic E-state index is -1.83. The predicted molar refractivity (Wildman–Crippen MR) is 143 cm³/mol. The lowest BCUT2D eigenvalue weighted by Gasteiger charge is -2.67. The molecule has 0 amide bonds. The number of hydrogen-bond acceptors (Lipinski definition) is 10. The van der Waals surface area contributed by atoms with Crippen LogP contribution in [-0.2, 0) is 33.3 Å². The number of fused-ring (bicyclic) bond motifs is 5. The molecular formula is C31H38O10. The third kappa shape index (κ3) is 4.09. The molecule has 2 bridgehead atoms. The maximum absolute atomic E-state index is 14.8. The summed E-state index contributed by atoms with van der Waals surface area (Å²) >= 11 is 0. The second-order valence-electron chi connectivity index (χ2n) is 12.6. The zero-order valence-electron chi connectivity index (χ0n) is 24.3. The third-order valence-corrected chi connectivity index (χ3v) is 10.1. The highest BCUT2D eigenvalue weighted by Gasteiger charge is 2.77. The van der Waals surface area contributed by atoms with Gasteiger partial charge in [-0.1, -0.05) is 37.6 Å². The van der Waals surface area contributed by atoms with Crippen molar-refractivity contribution in [1.82, 2.24) is 0 Å². The predicted octanol–water partition coefficient (Wildman–Crippen LogP) is 2.68. The lowest BCUT2D eigenvalue weighted by Crippen LogP contribution is -2.81. The van der Waals surface area contributed by atoms with Gasteiger partial charge in [0.2, 0.25) is 0 Å². The minimum absolute atomic E-state index is 0.0575. The number of esters is 3. The van der Waals surface area contributed by atoms with Crippen LogP contribution in [0.1, 0.15) is 71.2 Å². The SMILES string of the molecule is CC(=O)OC1C(=O)[C@@]2(C)C(C(OC(=O)c3ccccc3)[C@]3(O)CCC(C)=C1C3(C)C)[C@]1(OC(C)=O)COC1C[C@@H]2O. The molecule has 8 atom stereocenters. The van der Waals surface area contributed by atoms with Crippen LogP contribution in [0.25, 0.3) is 0 Å². The third-order valence-electron chi connectivity index (χ3n) is 10.1. The van der Waals surface area contributed by atoms with Gasteiger partial charge in [-0.05, 0) is 44.4 Å². The minimum Gasteiger partial charge on any atom is -0.455 e. The summed E-state index contributed by atoms with van der Waals surface area (Å²) in [5.74, 6) is -3.96. The lowest BCUT2D eigenvalue weighted by molar-refractivity contribution is -0.345. The van der Waals surface area contributed by atoms with E-state index in [1.807, 2.05) is 6.92 Å². The van der Waals surface area contributed by atoms with Crippen LogP contribution in [0.15, 0.2) is 41.5 Å². The number of allylic oxidation sites excluding steroid dienone is 1. The van der Waals surface area contributed by atoms with Gasteiger partial charge in [0.25, 0.3) is 0 Å². The number of Topliss-reactive ketones (excluding diaryl/α,β-unsaturated/α-hetero) is 1. The van der Waals surface area contributed by atoms with Crippen molar-refractivity contribution in [1.29, 1.82) is 0 Å². The number of benzene rings is 1. The molecule has 1 saturated heterocycles. The second-order valence-corrected chi connectivity index (χ2v) is 12.6. The first kappa shape index (κ1) is 29.4. The Hall–Kier alpha value is -3.08. The van der Waals surface area contributed by atoms with E-state index in [4.69, 9.17) is 18.9 Å². The van der Waals surface area contributed by atoms with Gasteiger partial charge in [0, 0.05) is 25.7 Å². The monoisotopic (exact) mass is 570 g/mol. The molecule has 1 aromatic rings. The number of aliphatic hydroxyl groups excluding tert-OH is 1. The van der Waals surface area contributed by atoms with E-state index in [1.54, 1.807) is 44.2 Å². The van der Waals surface area contributed by atoms with Gasteiger partial charge in [-0.3, -0.25) is 14.4 Å². The summed E-state index contributed by atoms with van der Waals surface area (Å²) in [6.45, 7) is 9.08. The van der Waals surface area contributed by atoms with E-state index in [0.29, 0.717) is 12.0 Å². The highest BCUT2D eigenvalue weighted by Crippen LogP contribution is 2.64. The number of carbonyl (C=O) groups is 4. The molecule has 0 spiro atoms. The van der Waals surface area contributed by atoms with Gasteiger partial charge in [-0.25, -0.2) is 4.79 Å². The van der Waals surface area contributed by atoms with Crippen LogP contribution in [0.3, 0.4) is 0 Å². The van der Waals surface area contributed by atoms with E-state index in [9.17, 15) is 29.4 Å². The molecule has 41 heavy (non-hydrogen) atoms. The van der Waals surface area contributed by atoms with Crippen molar-refractivity contribution in [3.63, 3.8) is 0 Å². The van der Waals surface area contributed by atoms with Crippen LogP contribution in [0.2, 0.25) is 0 Å². The van der Waals surface area contributed by atoms with Crippen molar-refractivity contribution in [3.05, 3.63) is 47.0 Å². The maximum Gasteiger partial charge on any atom is 0.338 e. The highest BCUT2D eigenvalue weighted by atomic mass is 16.6. The zero-order valence-corrected chi connectivity index (χ0v) is 24.3. The smallest absolute Gasteiger partial charge is 0.338 e. The van der Waals surface area contributed by atoms with Crippen molar-refractivity contribution in [2.24, 2.45) is 16.7 Å². The van der Waals surface area contributed by atoms with Crippen LogP contribution in [-0.4, -0.2) is 76.1 Å². The molecule has 5 rings (SSSR count). The van der Waals surface area contributed by atoms with Crippen LogP contribution in [0, 0.1) is 16.7 Å². The molecular weight excluding hydrogens is 532 g/mol. The van der Waals surface area contributed by atoms with Gasteiger partial charge >= 0.3 is 17.9 Å². The number of rotatable bonds is 4. The first-order valence-corrected chi connectivity index (χ1v) is 14.0. The Bertz CT molecular complexity index is 1320. The normalized spacial score (nSPS) is 39.2. The number of carbonyl (C=O) groups excluding carboxylic acids is 4. The average molecular weight is 571 g/mol. The summed E-state index contributed by atoms with van der Waals surface area (Å²) in [5, 5.41) is 24.5. The van der Waals surface area contributed by atoms with E-state index in [1.165, 1.54) is 20.8 Å². The quantitative estimate of drug-likeness (QED) is 0.315. The Balaban J connectivity index is 1.81. The van der Waals surface area contributed by atoms with Crippen LogP contribution >= 0.6 is 0 Å². The number of ketones is 1. The molecule has 1 aromatic carbocycles. The first-order valence-electron chi connectivity index (χ1n) is 14.0. The summed E-state index contributed by atoms with van der Waals surface area (Å²) in [5.41, 5.74) is -4.98. The van der Waals surface area contributed by atoms with E-state index in [2.05, 4.69) is 0 Å². The summed E-state index contributed by atoms with van der Waals surface area (Å²) < 4.78 is 23.7. The Morgan fingerprint density at radius 1 is 1.02 bits per heavy atom. The molecule has 4 unspecified atom stereocenters. The molecule has 10 heteroatoms. The van der Waals surface area contributed by atoms with Crippen molar-refractivity contribution in [2.45, 2.75) is 96.4 Å². The number of ether oxygens (including phenoxy) is 4. The standard InChI is InChI=1S/C31H38O10/c1-16-12-13-31(37)26(40-27(36)19-10-8-7-9-11-19)24-29(6,20(34)14-21-30(24,15-38-21)41-18(3)33)25(35)23(39-17(2)32)22(16)28(31,4)5/h7-11,20-21,23-24,26,34,37H,12-15H2,1-6H3/t20-,21?,23?,24?,26?,29+,30-,31+/m0/s1. The zero-order chi connectivity index (χ0) is 30.1. The van der Waals surface area contributed by atoms with Crippen molar-refractivity contribution >= 4 is 23.7 Å². The largest absolute Gasteiger partial charge is 0.455 e. The summed E-state index contributed by atoms with van der Waals surface area (Å²) in [6, 6.07) is 8.25. The van der Waals surface area contributed by atoms with E-state index < -0.39 is 76.1 Å². The number of hydrogen-bond donors (Lipinski definition) is 2. The molecule has 1 heterocycles. The van der Waals surface area contributed by atoms with Crippen molar-refractivity contribution in [2.75, 3.05) is 6.61 Å². The second kappa shape index (κ2) is 9.74. The Morgan fingerprint density at radius 3 is 2.24 bits per heavy atom. The highest BCUT2D eigenvalue weighted by molar-refractivity contribution is 5.95.